The molecule has 0 spiro atoms. The number of hydrogen-bond donors (Lipinski definition) is 0. The Kier molecular flexibility index (Phi) is 4.19. The normalized spacial score (nSPS) is 9.81. The number of carbonyl (C=O) groups is 1. The van der Waals surface area contributed by atoms with Crippen LogP contribution in [0.4, 0.5) is 4.39 Å². The molecule has 0 amide bonds. The molecule has 0 aliphatic heterocycles. The third-order valence-electron chi connectivity index (χ3n) is 2.84. The van der Waals surface area contributed by atoms with Gasteiger partial charge in [0.1, 0.15) is 11.6 Å². The molecular formula is C16H12FNO3. The van der Waals surface area contributed by atoms with Gasteiger partial charge in [0.15, 0.2) is 17.3 Å². The van der Waals surface area contributed by atoms with Crippen LogP contribution in [0.5, 0.6) is 17.2 Å². The fraction of sp³-hybridized carbons (Fsp3) is 0.125. The highest BCUT2D eigenvalue weighted by Gasteiger charge is 2.16. The van der Waals surface area contributed by atoms with E-state index in [2.05, 4.69) is 0 Å². The zero-order valence-corrected chi connectivity index (χ0v) is 11.5. The standard InChI is InChI=1S/C16H12FNO3/c1-10(19)16-12(17)4-3-5-14(16)21-13-7-6-11(9-18)8-15(13)20-2/h3-8H,1-2H3. The Morgan fingerprint density at radius 3 is 2.57 bits per heavy atom. The number of benzene rings is 2. The van der Waals surface area contributed by atoms with Crippen molar-refractivity contribution in [2.24, 2.45) is 0 Å². The minimum absolute atomic E-state index is 0.102. The van der Waals surface area contributed by atoms with E-state index in [4.69, 9.17) is 14.7 Å². The molecule has 0 unspecified atom stereocenters. The fourth-order valence-electron chi connectivity index (χ4n) is 1.87. The van der Waals surface area contributed by atoms with Crippen molar-refractivity contribution in [1.29, 1.82) is 5.26 Å². The first kappa shape index (κ1) is 14.5. The Labute approximate surface area is 121 Å². The summed E-state index contributed by atoms with van der Waals surface area (Å²) in [5, 5.41) is 8.85. The van der Waals surface area contributed by atoms with Crippen LogP contribution < -0.4 is 9.47 Å². The van der Waals surface area contributed by atoms with Crippen LogP contribution in [0.25, 0.3) is 0 Å². The topological polar surface area (TPSA) is 59.3 Å². The molecule has 0 aliphatic carbocycles. The molecule has 0 radical (unpaired) electrons. The maximum absolute atomic E-state index is 13.7. The summed E-state index contributed by atoms with van der Waals surface area (Å²) in [4.78, 5) is 11.5. The summed E-state index contributed by atoms with van der Waals surface area (Å²) >= 11 is 0. The first-order valence-electron chi connectivity index (χ1n) is 6.12. The van der Waals surface area contributed by atoms with E-state index in [1.165, 1.54) is 44.4 Å². The molecule has 0 fully saturated rings. The second kappa shape index (κ2) is 6.06. The highest BCUT2D eigenvalue weighted by molar-refractivity contribution is 5.97. The number of hydrogen-bond acceptors (Lipinski definition) is 4. The summed E-state index contributed by atoms with van der Waals surface area (Å²) in [5.41, 5.74) is 0.286. The number of carbonyl (C=O) groups excluding carboxylic acids is 1. The molecule has 4 nitrogen and oxygen atoms in total. The molecule has 21 heavy (non-hydrogen) atoms. The van der Waals surface area contributed by atoms with Crippen molar-refractivity contribution in [2.45, 2.75) is 6.92 Å². The number of nitrogens with zero attached hydrogens (tertiary/aromatic N) is 1. The second-order valence-corrected chi connectivity index (χ2v) is 4.25. The van der Waals surface area contributed by atoms with Gasteiger partial charge in [-0.3, -0.25) is 4.79 Å². The van der Waals surface area contributed by atoms with Gasteiger partial charge in [0, 0.05) is 6.07 Å². The van der Waals surface area contributed by atoms with E-state index >= 15 is 0 Å². The first-order chi connectivity index (χ1) is 10.1. The van der Waals surface area contributed by atoms with Gasteiger partial charge >= 0.3 is 0 Å². The molecule has 2 rings (SSSR count). The van der Waals surface area contributed by atoms with Gasteiger partial charge in [-0.2, -0.15) is 5.26 Å². The van der Waals surface area contributed by atoms with Gasteiger partial charge in [0.05, 0.1) is 24.3 Å². The van der Waals surface area contributed by atoms with Crippen LogP contribution in [0.3, 0.4) is 0 Å². The smallest absolute Gasteiger partial charge is 0.169 e. The van der Waals surface area contributed by atoms with Gasteiger partial charge in [-0.05, 0) is 31.2 Å². The van der Waals surface area contributed by atoms with Gasteiger partial charge < -0.3 is 9.47 Å². The SMILES string of the molecule is COc1cc(C#N)ccc1Oc1cccc(F)c1C(C)=O. The maximum Gasteiger partial charge on any atom is 0.169 e. The number of ether oxygens (including phenoxy) is 2. The molecule has 0 aromatic heterocycles. The monoisotopic (exact) mass is 285 g/mol. The summed E-state index contributed by atoms with van der Waals surface area (Å²) in [6.07, 6.45) is 0. The van der Waals surface area contributed by atoms with Gasteiger partial charge in [-0.1, -0.05) is 6.07 Å². The van der Waals surface area contributed by atoms with Crippen LogP contribution in [-0.2, 0) is 0 Å². The van der Waals surface area contributed by atoms with E-state index in [9.17, 15) is 9.18 Å². The number of rotatable bonds is 4. The van der Waals surface area contributed by atoms with Crippen LogP contribution in [-0.4, -0.2) is 12.9 Å². The molecule has 0 saturated carbocycles. The molecule has 0 aliphatic rings. The Morgan fingerprint density at radius 2 is 1.95 bits per heavy atom. The molecular weight excluding hydrogens is 273 g/mol. The number of ketones is 1. The summed E-state index contributed by atoms with van der Waals surface area (Å²) in [7, 11) is 1.43. The number of Topliss-reactive ketones (excluding diaryl/α,β-unsaturated/α-hetero) is 1. The van der Waals surface area contributed by atoms with E-state index in [1.54, 1.807) is 6.07 Å². The van der Waals surface area contributed by atoms with Crippen LogP contribution in [0, 0.1) is 17.1 Å². The predicted octanol–water partition coefficient (Wildman–Crippen LogP) is 3.70. The Balaban J connectivity index is 2.46. The Morgan fingerprint density at radius 1 is 1.19 bits per heavy atom. The minimum atomic E-state index is -0.646. The molecule has 106 valence electrons. The van der Waals surface area contributed by atoms with Crippen molar-refractivity contribution in [3.63, 3.8) is 0 Å². The van der Waals surface area contributed by atoms with Crippen molar-refractivity contribution in [3.8, 4) is 23.3 Å². The lowest BCUT2D eigenvalue weighted by atomic mass is 10.1. The van der Waals surface area contributed by atoms with Crippen molar-refractivity contribution in [1.82, 2.24) is 0 Å². The highest BCUT2D eigenvalue weighted by atomic mass is 19.1. The maximum atomic E-state index is 13.7. The minimum Gasteiger partial charge on any atom is -0.493 e. The Bertz CT molecular complexity index is 735. The average Bonchev–Trinajstić information content (AvgIpc) is 2.47. The summed E-state index contributed by atoms with van der Waals surface area (Å²) in [6.45, 7) is 1.27. The average molecular weight is 285 g/mol. The molecule has 2 aromatic rings. The van der Waals surface area contributed by atoms with Crippen LogP contribution in [0.1, 0.15) is 22.8 Å². The zero-order valence-electron chi connectivity index (χ0n) is 11.5. The van der Waals surface area contributed by atoms with E-state index in [-0.39, 0.29) is 11.3 Å². The lowest BCUT2D eigenvalue weighted by Crippen LogP contribution is -2.01. The first-order valence-corrected chi connectivity index (χ1v) is 6.12. The third kappa shape index (κ3) is 3.00. The Hall–Kier alpha value is -2.87. The summed E-state index contributed by atoms with van der Waals surface area (Å²) in [5.74, 6) is -0.355. The van der Waals surface area contributed by atoms with Gasteiger partial charge in [-0.15, -0.1) is 0 Å². The predicted molar refractivity (Wildman–Crippen MR) is 74.2 cm³/mol. The van der Waals surface area contributed by atoms with Crippen molar-refractivity contribution in [3.05, 3.63) is 53.3 Å². The number of nitriles is 1. The van der Waals surface area contributed by atoms with E-state index in [0.717, 1.165) is 0 Å². The quantitative estimate of drug-likeness (QED) is 0.804. The zero-order chi connectivity index (χ0) is 15.4. The lowest BCUT2D eigenvalue weighted by molar-refractivity contribution is 0.101. The van der Waals surface area contributed by atoms with E-state index in [0.29, 0.717) is 17.1 Å². The molecule has 0 saturated heterocycles. The molecule has 0 N–H and O–H groups in total. The fourth-order valence-corrected chi connectivity index (χ4v) is 1.87. The van der Waals surface area contributed by atoms with Crippen molar-refractivity contribution in [2.75, 3.05) is 7.11 Å². The molecule has 5 heteroatoms. The number of methoxy groups -OCH3 is 1. The number of halogens is 1. The van der Waals surface area contributed by atoms with Crippen LogP contribution >= 0.6 is 0 Å². The van der Waals surface area contributed by atoms with Crippen molar-refractivity contribution < 1.29 is 18.7 Å². The lowest BCUT2D eigenvalue weighted by Gasteiger charge is -2.13. The van der Waals surface area contributed by atoms with E-state index < -0.39 is 11.6 Å². The van der Waals surface area contributed by atoms with Crippen molar-refractivity contribution >= 4 is 5.78 Å². The van der Waals surface area contributed by atoms with Crippen LogP contribution in [0.15, 0.2) is 36.4 Å². The molecule has 2 aromatic carbocycles. The van der Waals surface area contributed by atoms with Gasteiger partial charge in [0.2, 0.25) is 0 Å². The molecule has 0 heterocycles. The van der Waals surface area contributed by atoms with E-state index in [1.807, 2.05) is 6.07 Å². The summed E-state index contributed by atoms with van der Waals surface area (Å²) in [6, 6.07) is 10.7. The summed E-state index contributed by atoms with van der Waals surface area (Å²) < 4.78 is 24.4. The van der Waals surface area contributed by atoms with Gasteiger partial charge in [0.25, 0.3) is 0 Å². The second-order valence-electron chi connectivity index (χ2n) is 4.25. The largest absolute Gasteiger partial charge is 0.493 e. The van der Waals surface area contributed by atoms with Crippen LogP contribution in [0.2, 0.25) is 0 Å². The highest BCUT2D eigenvalue weighted by Crippen LogP contribution is 2.34. The molecule has 0 bridgehead atoms. The third-order valence-corrected chi connectivity index (χ3v) is 2.84. The molecule has 0 atom stereocenters. The van der Waals surface area contributed by atoms with Gasteiger partial charge in [-0.25, -0.2) is 4.39 Å².